The molecule has 0 radical (unpaired) electrons. The Balaban J connectivity index is 2.20. The minimum Gasteiger partial charge on any atom is -0.476 e. The number of amides is 1. The lowest BCUT2D eigenvalue weighted by molar-refractivity contribution is -0.114. The molecule has 2 aromatic heterocycles. The Morgan fingerprint density at radius 1 is 1.48 bits per heavy atom. The Kier molecular flexibility index (Phi) is 4.63. The second-order valence-corrected chi connectivity index (χ2v) is 5.28. The fourth-order valence-corrected chi connectivity index (χ4v) is 2.60. The van der Waals surface area contributed by atoms with Crippen LogP contribution in [0.1, 0.15) is 42.1 Å². The summed E-state index contributed by atoms with van der Waals surface area (Å²) in [5, 5.41) is 21.6. The molecule has 2 aromatic rings. The monoisotopic (exact) mass is 309 g/mol. The summed E-state index contributed by atoms with van der Waals surface area (Å²) in [7, 11) is 0. The quantitative estimate of drug-likeness (QED) is 0.834. The number of carbonyl (C=O) groups excluding carboxylic acids is 1. The number of carbonyl (C=O) groups is 2. The van der Waals surface area contributed by atoms with Crippen molar-refractivity contribution in [2.45, 2.75) is 33.2 Å². The van der Waals surface area contributed by atoms with Gasteiger partial charge in [0, 0.05) is 12.3 Å². The van der Waals surface area contributed by atoms with Gasteiger partial charge in [0.15, 0.2) is 10.8 Å². The molecule has 9 heteroatoms. The highest BCUT2D eigenvalue weighted by molar-refractivity contribution is 7.13. The van der Waals surface area contributed by atoms with Gasteiger partial charge in [-0.3, -0.25) is 4.79 Å². The maximum atomic E-state index is 11.1. The lowest BCUT2D eigenvalue weighted by Gasteiger charge is -2.04. The summed E-state index contributed by atoms with van der Waals surface area (Å²) in [4.78, 5) is 26.3. The Labute approximate surface area is 124 Å². The van der Waals surface area contributed by atoms with Gasteiger partial charge in [-0.25, -0.2) is 14.5 Å². The van der Waals surface area contributed by atoms with Gasteiger partial charge in [0.05, 0.1) is 17.9 Å². The molecular formula is C12H15N5O3S. The highest BCUT2D eigenvalue weighted by atomic mass is 32.1. The number of carboxylic acids is 1. The first-order valence-corrected chi connectivity index (χ1v) is 7.26. The van der Waals surface area contributed by atoms with Crippen LogP contribution in [0.2, 0.25) is 0 Å². The van der Waals surface area contributed by atoms with Gasteiger partial charge in [0.1, 0.15) is 0 Å². The van der Waals surface area contributed by atoms with Crippen LogP contribution in [0.5, 0.6) is 0 Å². The lowest BCUT2D eigenvalue weighted by atomic mass is 10.2. The molecule has 0 unspecified atom stereocenters. The van der Waals surface area contributed by atoms with E-state index in [9.17, 15) is 9.59 Å². The lowest BCUT2D eigenvalue weighted by Crippen LogP contribution is -2.10. The number of hydrogen-bond acceptors (Lipinski definition) is 6. The fourth-order valence-electron chi connectivity index (χ4n) is 1.85. The first-order chi connectivity index (χ1) is 10.0. The van der Waals surface area contributed by atoms with Crippen molar-refractivity contribution in [3.8, 4) is 0 Å². The van der Waals surface area contributed by atoms with Crippen LogP contribution in [0.3, 0.4) is 0 Å². The maximum absolute atomic E-state index is 11.1. The van der Waals surface area contributed by atoms with Crippen LogP contribution in [0.25, 0.3) is 0 Å². The maximum Gasteiger partial charge on any atom is 0.358 e. The Hall–Kier alpha value is -2.29. The topological polar surface area (TPSA) is 110 Å². The predicted molar refractivity (Wildman–Crippen MR) is 76.5 cm³/mol. The third-order valence-electron chi connectivity index (χ3n) is 2.67. The highest BCUT2D eigenvalue weighted by Gasteiger charge is 2.18. The summed E-state index contributed by atoms with van der Waals surface area (Å²) >= 11 is 1.31. The number of nitrogens with zero attached hydrogens (tertiary/aromatic N) is 4. The zero-order chi connectivity index (χ0) is 15.4. The molecular weight excluding hydrogens is 294 g/mol. The first-order valence-electron chi connectivity index (χ1n) is 6.39. The molecule has 0 saturated heterocycles. The van der Waals surface area contributed by atoms with E-state index < -0.39 is 5.97 Å². The molecule has 21 heavy (non-hydrogen) atoms. The van der Waals surface area contributed by atoms with Gasteiger partial charge >= 0.3 is 5.97 Å². The van der Waals surface area contributed by atoms with Crippen LogP contribution in [-0.4, -0.2) is 37.0 Å². The summed E-state index contributed by atoms with van der Waals surface area (Å²) in [6.07, 6.45) is 1.37. The van der Waals surface area contributed by atoms with E-state index in [1.54, 1.807) is 10.1 Å². The number of carboxylic acid groups (broad SMARTS) is 1. The fraction of sp³-hybridized carbons (Fsp3) is 0.417. The standard InChI is InChI=1S/C12H15N5O3S/c1-3-4-9-10(11(19)20)15-16-17(9)5-8-6-21-12(14-8)13-7(2)18/h6H,3-5H2,1-2H3,(H,19,20)(H,13,14,18). The van der Waals surface area contributed by atoms with Gasteiger partial charge in [0.25, 0.3) is 0 Å². The van der Waals surface area contributed by atoms with Gasteiger partial charge in [-0.05, 0) is 6.42 Å². The van der Waals surface area contributed by atoms with Crippen LogP contribution in [0, 0.1) is 0 Å². The first kappa shape index (κ1) is 15.1. The number of thiazole rings is 1. The van der Waals surface area contributed by atoms with E-state index >= 15 is 0 Å². The van der Waals surface area contributed by atoms with Crippen molar-refractivity contribution in [3.05, 3.63) is 22.5 Å². The van der Waals surface area contributed by atoms with Gasteiger partial charge in [-0.1, -0.05) is 18.6 Å². The van der Waals surface area contributed by atoms with Crippen LogP contribution >= 0.6 is 11.3 Å². The SMILES string of the molecule is CCCc1c(C(=O)O)nnn1Cc1csc(NC(C)=O)n1. The molecule has 2 heterocycles. The van der Waals surface area contributed by atoms with Crippen LogP contribution in [-0.2, 0) is 17.8 Å². The van der Waals surface area contributed by atoms with Crippen LogP contribution in [0.4, 0.5) is 5.13 Å². The van der Waals surface area contributed by atoms with Crippen molar-refractivity contribution in [3.63, 3.8) is 0 Å². The van der Waals surface area contributed by atoms with Gasteiger partial charge in [-0.2, -0.15) is 0 Å². The normalized spacial score (nSPS) is 10.6. The number of aromatic nitrogens is 4. The Morgan fingerprint density at radius 2 is 2.24 bits per heavy atom. The van der Waals surface area contributed by atoms with E-state index in [1.165, 1.54) is 18.3 Å². The summed E-state index contributed by atoms with van der Waals surface area (Å²) in [6, 6.07) is 0. The summed E-state index contributed by atoms with van der Waals surface area (Å²) in [5.74, 6) is -1.27. The summed E-state index contributed by atoms with van der Waals surface area (Å²) in [6.45, 7) is 3.70. The smallest absolute Gasteiger partial charge is 0.358 e. The molecule has 0 bridgehead atoms. The molecule has 0 aliphatic rings. The molecule has 0 aliphatic carbocycles. The van der Waals surface area contributed by atoms with Gasteiger partial charge in [0.2, 0.25) is 5.91 Å². The third-order valence-corrected chi connectivity index (χ3v) is 3.48. The van der Waals surface area contributed by atoms with Crippen molar-refractivity contribution in [2.75, 3.05) is 5.32 Å². The number of hydrogen-bond donors (Lipinski definition) is 2. The zero-order valence-corrected chi connectivity index (χ0v) is 12.5. The van der Waals surface area contributed by atoms with Crippen molar-refractivity contribution in [1.29, 1.82) is 0 Å². The van der Waals surface area contributed by atoms with E-state index in [0.29, 0.717) is 29.5 Å². The summed E-state index contributed by atoms with van der Waals surface area (Å²) < 4.78 is 1.54. The molecule has 8 nitrogen and oxygen atoms in total. The van der Waals surface area contributed by atoms with Crippen molar-refractivity contribution in [1.82, 2.24) is 20.0 Å². The molecule has 0 atom stereocenters. The van der Waals surface area contributed by atoms with E-state index in [-0.39, 0.29) is 11.6 Å². The molecule has 2 rings (SSSR count). The van der Waals surface area contributed by atoms with Crippen molar-refractivity contribution >= 4 is 28.3 Å². The number of anilines is 1. The Morgan fingerprint density at radius 3 is 2.86 bits per heavy atom. The zero-order valence-electron chi connectivity index (χ0n) is 11.7. The predicted octanol–water partition coefficient (Wildman–Crippen LogP) is 1.39. The van der Waals surface area contributed by atoms with E-state index in [0.717, 1.165) is 6.42 Å². The second-order valence-electron chi connectivity index (χ2n) is 4.42. The molecule has 2 N–H and O–H groups in total. The average molecular weight is 309 g/mol. The third kappa shape index (κ3) is 3.63. The summed E-state index contributed by atoms with van der Waals surface area (Å²) in [5.41, 5.74) is 1.26. The van der Waals surface area contributed by atoms with E-state index in [1.807, 2.05) is 6.92 Å². The van der Waals surface area contributed by atoms with Crippen molar-refractivity contribution in [2.24, 2.45) is 0 Å². The van der Waals surface area contributed by atoms with Gasteiger partial charge < -0.3 is 10.4 Å². The Bertz CT molecular complexity index is 664. The van der Waals surface area contributed by atoms with E-state index in [4.69, 9.17) is 5.11 Å². The number of nitrogens with one attached hydrogen (secondary N) is 1. The molecule has 112 valence electrons. The average Bonchev–Trinajstić information content (AvgIpc) is 2.98. The van der Waals surface area contributed by atoms with Crippen LogP contribution in [0.15, 0.2) is 5.38 Å². The number of aromatic carboxylic acids is 1. The largest absolute Gasteiger partial charge is 0.476 e. The minimum absolute atomic E-state index is 0.0193. The number of rotatable bonds is 6. The second kappa shape index (κ2) is 6.44. The van der Waals surface area contributed by atoms with Gasteiger partial charge in [-0.15, -0.1) is 16.4 Å². The van der Waals surface area contributed by atoms with Crippen LogP contribution < -0.4 is 5.32 Å². The van der Waals surface area contributed by atoms with Crippen molar-refractivity contribution < 1.29 is 14.7 Å². The molecule has 0 aliphatic heterocycles. The molecule has 0 spiro atoms. The highest BCUT2D eigenvalue weighted by Crippen LogP contribution is 2.17. The molecule has 0 saturated carbocycles. The minimum atomic E-state index is -1.08. The molecule has 1 amide bonds. The molecule has 0 fully saturated rings. The van der Waals surface area contributed by atoms with E-state index in [2.05, 4.69) is 20.6 Å². The molecule has 0 aromatic carbocycles.